The average molecular weight is 556 g/mol. The average Bonchev–Trinajstić information content (AvgIpc) is 2.83. The van der Waals surface area contributed by atoms with Crippen LogP contribution in [-0.2, 0) is 26.2 Å². The molecule has 0 aliphatic rings. The van der Waals surface area contributed by atoms with Crippen molar-refractivity contribution in [3.8, 4) is 5.75 Å². The smallest absolute Gasteiger partial charge is 0.242 e. The highest BCUT2D eigenvalue weighted by Gasteiger charge is 2.27. The molecular formula is C26H35ClFN3O5S. The van der Waals surface area contributed by atoms with Crippen molar-refractivity contribution in [2.24, 2.45) is 5.92 Å². The predicted molar refractivity (Wildman–Crippen MR) is 144 cm³/mol. The Bertz CT molecular complexity index is 1190. The number of benzene rings is 2. The lowest BCUT2D eigenvalue weighted by Gasteiger charge is -2.30. The van der Waals surface area contributed by atoms with Gasteiger partial charge in [-0.05, 0) is 43.5 Å². The van der Waals surface area contributed by atoms with Crippen molar-refractivity contribution < 1.29 is 27.1 Å². The first-order valence-electron chi connectivity index (χ1n) is 12.0. The molecule has 0 spiro atoms. The standard InChI is InChI=1S/C26H35ClFN3O5S/c1-18(2)16-29-26(33)19(3)30(17-20-9-6-7-10-23(20)28)25(32)11-8-14-31(37(5,34)35)21-12-13-24(36-4)22(27)15-21/h6-7,9-10,12-13,15,18-19H,8,11,14,16-17H2,1-5H3,(H,29,33). The molecule has 1 N–H and O–H groups in total. The molecule has 204 valence electrons. The lowest BCUT2D eigenvalue weighted by Crippen LogP contribution is -2.48. The zero-order valence-corrected chi connectivity index (χ0v) is 23.4. The van der Waals surface area contributed by atoms with E-state index in [1.807, 2.05) is 13.8 Å². The number of nitrogens with one attached hydrogen (secondary N) is 1. The maximum Gasteiger partial charge on any atom is 0.242 e. The van der Waals surface area contributed by atoms with Crippen LogP contribution in [0.4, 0.5) is 10.1 Å². The summed E-state index contributed by atoms with van der Waals surface area (Å²) in [5, 5.41) is 3.06. The Hall–Kier alpha value is -2.85. The van der Waals surface area contributed by atoms with Crippen LogP contribution in [-0.4, -0.2) is 57.6 Å². The molecule has 0 heterocycles. The van der Waals surface area contributed by atoms with E-state index >= 15 is 0 Å². The first-order valence-corrected chi connectivity index (χ1v) is 14.2. The van der Waals surface area contributed by atoms with Gasteiger partial charge in [-0.15, -0.1) is 0 Å². The fourth-order valence-electron chi connectivity index (χ4n) is 3.66. The number of anilines is 1. The van der Waals surface area contributed by atoms with Crippen LogP contribution in [0.5, 0.6) is 5.75 Å². The molecule has 0 radical (unpaired) electrons. The summed E-state index contributed by atoms with van der Waals surface area (Å²) in [6.07, 6.45) is 1.19. The topological polar surface area (TPSA) is 96.0 Å². The second kappa shape index (κ2) is 13.6. The molecule has 11 heteroatoms. The third-order valence-corrected chi connectivity index (χ3v) is 7.22. The zero-order valence-electron chi connectivity index (χ0n) is 21.8. The lowest BCUT2D eigenvalue weighted by atomic mass is 10.1. The molecule has 0 bridgehead atoms. The molecule has 0 fully saturated rings. The number of ether oxygens (including phenoxy) is 1. The molecular weight excluding hydrogens is 521 g/mol. The first kappa shape index (κ1) is 30.4. The fraction of sp³-hybridized carbons (Fsp3) is 0.462. The van der Waals surface area contributed by atoms with Crippen LogP contribution in [0.25, 0.3) is 0 Å². The first-order chi connectivity index (χ1) is 17.3. The molecule has 2 amide bonds. The summed E-state index contributed by atoms with van der Waals surface area (Å²) in [5.74, 6) is -0.585. The molecule has 2 aromatic carbocycles. The van der Waals surface area contributed by atoms with E-state index in [9.17, 15) is 22.4 Å². The van der Waals surface area contributed by atoms with Gasteiger partial charge in [0.15, 0.2) is 0 Å². The van der Waals surface area contributed by atoms with Crippen LogP contribution >= 0.6 is 11.6 Å². The van der Waals surface area contributed by atoms with E-state index < -0.39 is 27.8 Å². The van der Waals surface area contributed by atoms with Gasteiger partial charge < -0.3 is 15.0 Å². The molecule has 37 heavy (non-hydrogen) atoms. The van der Waals surface area contributed by atoms with Crippen LogP contribution < -0.4 is 14.4 Å². The van der Waals surface area contributed by atoms with Crippen LogP contribution in [0, 0.1) is 11.7 Å². The van der Waals surface area contributed by atoms with Gasteiger partial charge in [-0.25, -0.2) is 12.8 Å². The zero-order chi connectivity index (χ0) is 27.8. The van der Waals surface area contributed by atoms with Gasteiger partial charge in [-0.2, -0.15) is 0 Å². The van der Waals surface area contributed by atoms with Crippen LogP contribution in [0.2, 0.25) is 5.02 Å². The molecule has 2 rings (SSSR count). The molecule has 0 saturated heterocycles. The third-order valence-electron chi connectivity index (χ3n) is 5.73. The van der Waals surface area contributed by atoms with E-state index in [0.29, 0.717) is 18.0 Å². The summed E-state index contributed by atoms with van der Waals surface area (Å²) in [6.45, 7) is 5.86. The molecule has 1 unspecified atom stereocenters. The van der Waals surface area contributed by atoms with E-state index in [1.165, 1.54) is 24.1 Å². The predicted octanol–water partition coefficient (Wildman–Crippen LogP) is 4.22. The van der Waals surface area contributed by atoms with Gasteiger partial charge in [-0.3, -0.25) is 13.9 Å². The number of carbonyl (C=O) groups is 2. The minimum atomic E-state index is -3.68. The van der Waals surface area contributed by atoms with Crippen molar-refractivity contribution >= 4 is 39.1 Å². The Morgan fingerprint density at radius 2 is 1.81 bits per heavy atom. The van der Waals surface area contributed by atoms with Crippen molar-refractivity contribution in [3.63, 3.8) is 0 Å². The summed E-state index contributed by atoms with van der Waals surface area (Å²) in [7, 11) is -2.22. The molecule has 2 aromatic rings. The van der Waals surface area contributed by atoms with Crippen molar-refractivity contribution in [2.75, 3.05) is 30.8 Å². The van der Waals surface area contributed by atoms with Gasteiger partial charge in [0, 0.05) is 31.6 Å². The highest BCUT2D eigenvalue weighted by molar-refractivity contribution is 7.92. The van der Waals surface area contributed by atoms with E-state index in [1.54, 1.807) is 37.3 Å². The van der Waals surface area contributed by atoms with Crippen LogP contribution in [0.15, 0.2) is 42.5 Å². The Labute approximate surface area is 223 Å². The van der Waals surface area contributed by atoms with E-state index in [4.69, 9.17) is 16.3 Å². The summed E-state index contributed by atoms with van der Waals surface area (Å²) < 4.78 is 45.6. The molecule has 0 aromatic heterocycles. The number of carbonyl (C=O) groups excluding carboxylic acids is 2. The quantitative estimate of drug-likeness (QED) is 0.399. The number of rotatable bonds is 13. The Kier molecular flexibility index (Phi) is 11.2. The van der Waals surface area contributed by atoms with Crippen molar-refractivity contribution in [1.29, 1.82) is 0 Å². The third kappa shape index (κ3) is 8.89. The van der Waals surface area contributed by atoms with Gasteiger partial charge >= 0.3 is 0 Å². The second-order valence-electron chi connectivity index (χ2n) is 9.19. The van der Waals surface area contributed by atoms with Crippen LogP contribution in [0.1, 0.15) is 39.2 Å². The summed E-state index contributed by atoms with van der Waals surface area (Å²) >= 11 is 6.17. The van der Waals surface area contributed by atoms with E-state index in [2.05, 4.69) is 5.32 Å². The lowest BCUT2D eigenvalue weighted by molar-refractivity contribution is -0.140. The number of halogens is 2. The van der Waals surface area contributed by atoms with Crippen molar-refractivity contribution in [3.05, 3.63) is 58.9 Å². The number of methoxy groups -OCH3 is 1. The summed E-state index contributed by atoms with van der Waals surface area (Å²) in [4.78, 5) is 27.3. The summed E-state index contributed by atoms with van der Waals surface area (Å²) in [5.41, 5.74) is 0.621. The molecule has 1 atom stereocenters. The van der Waals surface area contributed by atoms with E-state index in [-0.39, 0.29) is 48.3 Å². The maximum absolute atomic E-state index is 14.4. The van der Waals surface area contributed by atoms with E-state index in [0.717, 1.165) is 10.6 Å². The largest absolute Gasteiger partial charge is 0.495 e. The number of sulfonamides is 1. The fourth-order valence-corrected chi connectivity index (χ4v) is 4.87. The van der Waals surface area contributed by atoms with Crippen LogP contribution in [0.3, 0.4) is 0 Å². The molecule has 0 aliphatic carbocycles. The van der Waals surface area contributed by atoms with Gasteiger partial charge in [-0.1, -0.05) is 43.6 Å². The van der Waals surface area contributed by atoms with Gasteiger partial charge in [0.1, 0.15) is 17.6 Å². The molecule has 0 saturated carbocycles. The monoisotopic (exact) mass is 555 g/mol. The highest BCUT2D eigenvalue weighted by Crippen LogP contribution is 2.30. The second-order valence-corrected chi connectivity index (χ2v) is 11.5. The van der Waals surface area contributed by atoms with Gasteiger partial charge in [0.05, 0.1) is 24.1 Å². The minimum absolute atomic E-state index is 0.00863. The number of hydrogen-bond acceptors (Lipinski definition) is 5. The minimum Gasteiger partial charge on any atom is -0.495 e. The number of nitrogens with zero attached hydrogens (tertiary/aromatic N) is 2. The van der Waals surface area contributed by atoms with Crippen molar-refractivity contribution in [2.45, 2.75) is 46.2 Å². The SMILES string of the molecule is COc1ccc(N(CCCC(=O)N(Cc2ccccc2F)C(C)C(=O)NCC(C)C)S(C)(=O)=O)cc1Cl. The molecule has 8 nitrogen and oxygen atoms in total. The Morgan fingerprint density at radius 1 is 1.14 bits per heavy atom. The molecule has 0 aliphatic heterocycles. The Morgan fingerprint density at radius 3 is 2.38 bits per heavy atom. The maximum atomic E-state index is 14.4. The Balaban J connectivity index is 2.19. The van der Waals surface area contributed by atoms with Gasteiger partial charge in [0.25, 0.3) is 0 Å². The van der Waals surface area contributed by atoms with Crippen molar-refractivity contribution in [1.82, 2.24) is 10.2 Å². The number of hydrogen-bond donors (Lipinski definition) is 1. The number of amides is 2. The normalized spacial score (nSPS) is 12.2. The highest BCUT2D eigenvalue weighted by atomic mass is 35.5. The summed E-state index contributed by atoms with van der Waals surface area (Å²) in [6, 6.07) is 9.84. The van der Waals surface area contributed by atoms with Gasteiger partial charge in [0.2, 0.25) is 21.8 Å².